The summed E-state index contributed by atoms with van der Waals surface area (Å²) in [5, 5.41) is 0. The van der Waals surface area contributed by atoms with Gasteiger partial charge in [-0.05, 0) is 41.6 Å². The molecule has 0 radical (unpaired) electrons. The molecule has 16 heavy (non-hydrogen) atoms. The van der Waals surface area contributed by atoms with Gasteiger partial charge in [0, 0.05) is 11.8 Å². The largest absolute Gasteiger partial charge is 0.438 e. The van der Waals surface area contributed by atoms with Crippen LogP contribution in [0.25, 0.3) is 0 Å². The van der Waals surface area contributed by atoms with Crippen molar-refractivity contribution in [3.63, 3.8) is 0 Å². The Bertz CT molecular complexity index is 496. The second-order valence-corrected chi connectivity index (χ2v) is 4.40. The van der Waals surface area contributed by atoms with Gasteiger partial charge < -0.3 is 10.5 Å². The van der Waals surface area contributed by atoms with E-state index in [9.17, 15) is 0 Å². The van der Waals surface area contributed by atoms with Gasteiger partial charge in [0.1, 0.15) is 5.75 Å². The number of benzene rings is 1. The lowest BCUT2D eigenvalue weighted by molar-refractivity contribution is 0.459. The maximum absolute atomic E-state index is 5.63. The van der Waals surface area contributed by atoms with Crippen LogP contribution in [0, 0.1) is 10.5 Å². The number of rotatable bonds is 2. The van der Waals surface area contributed by atoms with E-state index in [1.54, 1.807) is 6.07 Å². The minimum Gasteiger partial charge on any atom is -0.438 e. The number of para-hydroxylation sites is 1. The lowest BCUT2D eigenvalue weighted by Crippen LogP contribution is -1.99. The van der Waals surface area contributed by atoms with E-state index in [0.717, 1.165) is 15.0 Å². The summed E-state index contributed by atoms with van der Waals surface area (Å²) in [7, 11) is 0. The monoisotopic (exact) mass is 327 g/mol. The number of nitrogens with zero attached hydrogens (tertiary/aromatic N) is 2. The molecule has 0 amide bonds. The second kappa shape index (κ2) is 4.65. The van der Waals surface area contributed by atoms with Gasteiger partial charge in [-0.25, -0.2) is 4.98 Å². The zero-order valence-electron chi connectivity index (χ0n) is 8.64. The number of halogens is 1. The van der Waals surface area contributed by atoms with E-state index in [1.807, 2.05) is 31.2 Å². The molecule has 0 spiro atoms. The minimum atomic E-state index is 0.223. The molecule has 0 saturated carbocycles. The Labute approximate surface area is 107 Å². The van der Waals surface area contributed by atoms with Crippen LogP contribution in [-0.4, -0.2) is 9.97 Å². The highest BCUT2D eigenvalue weighted by molar-refractivity contribution is 14.1. The maximum Gasteiger partial charge on any atom is 0.224 e. The minimum absolute atomic E-state index is 0.223. The summed E-state index contributed by atoms with van der Waals surface area (Å²) in [5.41, 5.74) is 6.33. The quantitative estimate of drug-likeness (QED) is 0.862. The van der Waals surface area contributed by atoms with Gasteiger partial charge in [-0.1, -0.05) is 12.1 Å². The summed E-state index contributed by atoms with van der Waals surface area (Å²) < 4.78 is 6.66. The molecular weight excluding hydrogens is 317 g/mol. The van der Waals surface area contributed by atoms with Crippen LogP contribution in [0.5, 0.6) is 11.6 Å². The second-order valence-electron chi connectivity index (χ2n) is 3.24. The fraction of sp³-hybridized carbons (Fsp3) is 0.0909. The Balaban J connectivity index is 2.30. The number of hydrogen-bond acceptors (Lipinski definition) is 4. The van der Waals surface area contributed by atoms with Gasteiger partial charge in [0.15, 0.2) is 0 Å². The molecule has 2 N–H and O–H groups in total. The maximum atomic E-state index is 5.63. The van der Waals surface area contributed by atoms with Crippen LogP contribution < -0.4 is 10.5 Å². The normalized spacial score (nSPS) is 10.1. The van der Waals surface area contributed by atoms with Gasteiger partial charge >= 0.3 is 0 Å². The van der Waals surface area contributed by atoms with Crippen molar-refractivity contribution in [2.75, 3.05) is 5.73 Å². The third kappa shape index (κ3) is 2.60. The SMILES string of the molecule is Cc1cc(Oc2ccccc2I)nc(N)n1. The summed E-state index contributed by atoms with van der Waals surface area (Å²) in [6.07, 6.45) is 0. The van der Waals surface area contributed by atoms with Gasteiger partial charge in [0.05, 0.1) is 3.57 Å². The number of aromatic nitrogens is 2. The number of ether oxygens (including phenoxy) is 1. The topological polar surface area (TPSA) is 61.0 Å². The molecule has 0 aliphatic rings. The van der Waals surface area contributed by atoms with Crippen molar-refractivity contribution in [1.82, 2.24) is 9.97 Å². The van der Waals surface area contributed by atoms with Crippen molar-refractivity contribution in [2.24, 2.45) is 0 Å². The van der Waals surface area contributed by atoms with Gasteiger partial charge in [-0.15, -0.1) is 0 Å². The zero-order valence-corrected chi connectivity index (χ0v) is 10.8. The van der Waals surface area contributed by atoms with Gasteiger partial charge in [0.25, 0.3) is 0 Å². The van der Waals surface area contributed by atoms with Crippen molar-refractivity contribution >= 4 is 28.5 Å². The molecule has 0 unspecified atom stereocenters. The van der Waals surface area contributed by atoms with Crippen LogP contribution in [0.3, 0.4) is 0 Å². The average Bonchev–Trinajstić information content (AvgIpc) is 2.20. The third-order valence-corrected chi connectivity index (χ3v) is 2.79. The molecule has 82 valence electrons. The highest BCUT2D eigenvalue weighted by atomic mass is 127. The molecule has 0 aliphatic carbocycles. The smallest absolute Gasteiger partial charge is 0.224 e. The molecule has 0 saturated heterocycles. The van der Waals surface area contributed by atoms with Crippen molar-refractivity contribution < 1.29 is 4.74 Å². The van der Waals surface area contributed by atoms with Crippen LogP contribution in [0.15, 0.2) is 30.3 Å². The highest BCUT2D eigenvalue weighted by Gasteiger charge is 2.04. The van der Waals surface area contributed by atoms with Crippen LogP contribution in [0.1, 0.15) is 5.69 Å². The van der Waals surface area contributed by atoms with E-state index in [2.05, 4.69) is 32.6 Å². The van der Waals surface area contributed by atoms with Crippen LogP contribution in [-0.2, 0) is 0 Å². The Morgan fingerprint density at radius 2 is 2.00 bits per heavy atom. The van der Waals surface area contributed by atoms with Gasteiger partial charge in [-0.2, -0.15) is 4.98 Å². The van der Waals surface area contributed by atoms with Crippen LogP contribution in [0.2, 0.25) is 0 Å². The standard InChI is InChI=1S/C11H10IN3O/c1-7-6-10(15-11(13)14-7)16-9-5-3-2-4-8(9)12/h2-6H,1H3,(H2,13,14,15). The summed E-state index contributed by atoms with van der Waals surface area (Å²) >= 11 is 2.20. The molecule has 0 atom stereocenters. The first kappa shape index (κ1) is 11.1. The average molecular weight is 327 g/mol. The summed E-state index contributed by atoms with van der Waals surface area (Å²) in [6.45, 7) is 1.85. The Kier molecular flexibility index (Phi) is 3.23. The van der Waals surface area contributed by atoms with Crippen LogP contribution in [0.4, 0.5) is 5.95 Å². The Hall–Kier alpha value is -1.37. The number of anilines is 1. The fourth-order valence-corrected chi connectivity index (χ4v) is 1.75. The van der Waals surface area contributed by atoms with Gasteiger partial charge in [-0.3, -0.25) is 0 Å². The van der Waals surface area contributed by atoms with E-state index >= 15 is 0 Å². The van der Waals surface area contributed by atoms with Crippen molar-refractivity contribution in [1.29, 1.82) is 0 Å². The summed E-state index contributed by atoms with van der Waals surface area (Å²) in [5.74, 6) is 1.45. The van der Waals surface area contributed by atoms with Gasteiger partial charge in [0.2, 0.25) is 11.8 Å². The van der Waals surface area contributed by atoms with E-state index in [0.29, 0.717) is 5.88 Å². The first-order valence-corrected chi connectivity index (χ1v) is 5.76. The van der Waals surface area contributed by atoms with Crippen molar-refractivity contribution in [3.8, 4) is 11.6 Å². The summed E-state index contributed by atoms with van der Waals surface area (Å²) in [6, 6.07) is 9.46. The molecule has 1 aromatic carbocycles. The molecule has 0 aliphatic heterocycles. The summed E-state index contributed by atoms with van der Waals surface area (Å²) in [4.78, 5) is 7.99. The first-order valence-electron chi connectivity index (χ1n) is 4.69. The lowest BCUT2D eigenvalue weighted by atomic mass is 10.3. The predicted octanol–water partition coefficient (Wildman–Crippen LogP) is 2.76. The van der Waals surface area contributed by atoms with Crippen LogP contribution >= 0.6 is 22.6 Å². The number of nitrogen functional groups attached to an aromatic ring is 1. The molecule has 5 heteroatoms. The molecule has 2 aromatic rings. The molecule has 1 heterocycles. The molecule has 4 nitrogen and oxygen atoms in total. The zero-order chi connectivity index (χ0) is 11.5. The molecule has 1 aromatic heterocycles. The molecular formula is C11H10IN3O. The lowest BCUT2D eigenvalue weighted by Gasteiger charge is -2.07. The predicted molar refractivity (Wildman–Crippen MR) is 70.4 cm³/mol. The molecule has 0 bridgehead atoms. The van der Waals surface area contributed by atoms with Crippen molar-refractivity contribution in [2.45, 2.75) is 6.92 Å². The number of hydrogen-bond donors (Lipinski definition) is 1. The molecule has 2 rings (SSSR count). The van der Waals surface area contributed by atoms with E-state index in [4.69, 9.17) is 10.5 Å². The van der Waals surface area contributed by atoms with E-state index in [-0.39, 0.29) is 5.95 Å². The first-order chi connectivity index (χ1) is 7.65. The molecule has 0 fully saturated rings. The van der Waals surface area contributed by atoms with E-state index in [1.165, 1.54) is 0 Å². The number of aryl methyl sites for hydroxylation is 1. The van der Waals surface area contributed by atoms with Crippen molar-refractivity contribution in [3.05, 3.63) is 39.6 Å². The Morgan fingerprint density at radius 3 is 2.69 bits per heavy atom. The Morgan fingerprint density at radius 1 is 1.25 bits per heavy atom. The third-order valence-electron chi connectivity index (χ3n) is 1.90. The van der Waals surface area contributed by atoms with E-state index < -0.39 is 0 Å². The highest BCUT2D eigenvalue weighted by Crippen LogP contribution is 2.25. The number of nitrogens with two attached hydrogens (primary N) is 1. The fourth-order valence-electron chi connectivity index (χ4n) is 1.25.